The van der Waals surface area contributed by atoms with Gasteiger partial charge in [0, 0.05) is 32.0 Å². The normalized spacial score (nSPS) is 15.7. The molecule has 0 aliphatic carbocycles. The minimum absolute atomic E-state index is 0.175. The minimum atomic E-state index is -0.175. The second kappa shape index (κ2) is 7.04. The molecule has 1 aliphatic rings. The van der Waals surface area contributed by atoms with E-state index in [0.29, 0.717) is 17.3 Å². The van der Waals surface area contributed by atoms with Gasteiger partial charge in [0.1, 0.15) is 11.5 Å². The van der Waals surface area contributed by atoms with Crippen molar-refractivity contribution >= 4 is 23.3 Å². The van der Waals surface area contributed by atoms with Crippen LogP contribution in [-0.4, -0.2) is 29.0 Å². The average molecular weight is 333 g/mol. The van der Waals surface area contributed by atoms with Crippen molar-refractivity contribution in [2.45, 2.75) is 26.3 Å². The van der Waals surface area contributed by atoms with E-state index < -0.39 is 0 Å². The maximum absolute atomic E-state index is 11.9. The van der Waals surface area contributed by atoms with Crippen LogP contribution in [0.5, 0.6) is 0 Å². The number of nitrogens with zero attached hydrogens (tertiary/aromatic N) is 2. The highest BCUT2D eigenvalue weighted by atomic mass is 35.5. The van der Waals surface area contributed by atoms with E-state index in [2.05, 4.69) is 27.1 Å². The van der Waals surface area contributed by atoms with Crippen LogP contribution >= 0.6 is 11.6 Å². The summed E-state index contributed by atoms with van der Waals surface area (Å²) in [6, 6.07) is 5.65. The molecule has 3 heterocycles. The van der Waals surface area contributed by atoms with E-state index in [1.165, 1.54) is 12.8 Å². The Labute approximate surface area is 141 Å². The fourth-order valence-corrected chi connectivity index (χ4v) is 2.89. The van der Waals surface area contributed by atoms with E-state index in [1.807, 2.05) is 18.3 Å². The predicted octanol–water partition coefficient (Wildman–Crippen LogP) is 3.23. The molecule has 2 aromatic heterocycles. The molecule has 0 unspecified atom stereocenters. The summed E-state index contributed by atoms with van der Waals surface area (Å²) in [7, 11) is 0. The number of rotatable bonds is 4. The standard InChI is InChI=1S/C17H21ClN4O/c1-12-4-6-22(7-5-12)16-3-2-13(9-20-16)10-21-17(23)15-8-14(18)11-19-15/h2-3,8-9,11-12,19H,4-7,10H2,1H3,(H,21,23). The van der Waals surface area contributed by atoms with Gasteiger partial charge >= 0.3 is 0 Å². The SMILES string of the molecule is CC1CCN(c2ccc(CNC(=O)c3cc(Cl)c[nH]3)cn2)CC1. The second-order valence-electron chi connectivity index (χ2n) is 6.11. The predicted molar refractivity (Wildman–Crippen MR) is 91.8 cm³/mol. The van der Waals surface area contributed by atoms with Gasteiger partial charge in [-0.25, -0.2) is 4.98 Å². The smallest absolute Gasteiger partial charge is 0.268 e. The number of hydrogen-bond acceptors (Lipinski definition) is 3. The molecule has 0 aromatic carbocycles. The van der Waals surface area contributed by atoms with Gasteiger partial charge in [-0.05, 0) is 36.5 Å². The van der Waals surface area contributed by atoms with E-state index in [0.717, 1.165) is 30.4 Å². The van der Waals surface area contributed by atoms with Crippen LogP contribution in [0, 0.1) is 5.92 Å². The first-order valence-corrected chi connectivity index (χ1v) is 8.31. The van der Waals surface area contributed by atoms with Crippen molar-refractivity contribution in [3.8, 4) is 0 Å². The van der Waals surface area contributed by atoms with Crippen molar-refractivity contribution in [3.63, 3.8) is 0 Å². The Morgan fingerprint density at radius 3 is 2.83 bits per heavy atom. The minimum Gasteiger partial charge on any atom is -0.357 e. The van der Waals surface area contributed by atoms with Crippen LogP contribution in [0.3, 0.4) is 0 Å². The highest BCUT2D eigenvalue weighted by Crippen LogP contribution is 2.21. The van der Waals surface area contributed by atoms with Crippen LogP contribution in [0.15, 0.2) is 30.6 Å². The van der Waals surface area contributed by atoms with Crippen LogP contribution in [0.1, 0.15) is 35.8 Å². The molecule has 0 radical (unpaired) electrons. The Morgan fingerprint density at radius 2 is 2.22 bits per heavy atom. The summed E-state index contributed by atoms with van der Waals surface area (Å²) in [4.78, 5) is 21.6. The van der Waals surface area contributed by atoms with E-state index in [-0.39, 0.29) is 5.91 Å². The number of amides is 1. The molecule has 6 heteroatoms. The number of carbonyl (C=O) groups excluding carboxylic acids is 1. The Bertz CT molecular complexity index is 659. The van der Waals surface area contributed by atoms with Crippen LogP contribution < -0.4 is 10.2 Å². The van der Waals surface area contributed by atoms with Gasteiger partial charge in [-0.15, -0.1) is 0 Å². The number of pyridine rings is 1. The van der Waals surface area contributed by atoms with Gasteiger partial charge in [0.2, 0.25) is 0 Å². The van der Waals surface area contributed by atoms with E-state index in [9.17, 15) is 4.79 Å². The van der Waals surface area contributed by atoms with Crippen molar-refractivity contribution in [2.75, 3.05) is 18.0 Å². The summed E-state index contributed by atoms with van der Waals surface area (Å²) in [5, 5.41) is 3.38. The van der Waals surface area contributed by atoms with Crippen molar-refractivity contribution in [1.29, 1.82) is 0 Å². The molecule has 0 atom stereocenters. The molecule has 0 spiro atoms. The van der Waals surface area contributed by atoms with Gasteiger partial charge in [-0.1, -0.05) is 24.6 Å². The first kappa shape index (κ1) is 15.9. The van der Waals surface area contributed by atoms with Gasteiger partial charge in [0.05, 0.1) is 5.02 Å². The average Bonchev–Trinajstić information content (AvgIpc) is 3.00. The molecule has 1 saturated heterocycles. The number of carbonyl (C=O) groups is 1. The summed E-state index contributed by atoms with van der Waals surface area (Å²) >= 11 is 5.80. The van der Waals surface area contributed by atoms with Gasteiger partial charge in [0.25, 0.3) is 5.91 Å². The Morgan fingerprint density at radius 1 is 1.43 bits per heavy atom. The fraction of sp³-hybridized carbons (Fsp3) is 0.412. The molecule has 2 aromatic rings. The lowest BCUT2D eigenvalue weighted by atomic mass is 9.99. The number of anilines is 1. The van der Waals surface area contributed by atoms with Crippen LogP contribution in [-0.2, 0) is 6.54 Å². The molecule has 122 valence electrons. The molecule has 1 amide bonds. The van der Waals surface area contributed by atoms with Crippen LogP contribution in [0.4, 0.5) is 5.82 Å². The molecule has 1 aliphatic heterocycles. The fourth-order valence-electron chi connectivity index (χ4n) is 2.72. The van der Waals surface area contributed by atoms with Gasteiger partial charge in [-0.3, -0.25) is 4.79 Å². The molecule has 1 fully saturated rings. The molecular weight excluding hydrogens is 312 g/mol. The molecule has 0 saturated carbocycles. The van der Waals surface area contributed by atoms with Gasteiger partial charge in [-0.2, -0.15) is 0 Å². The zero-order valence-electron chi connectivity index (χ0n) is 13.2. The summed E-state index contributed by atoms with van der Waals surface area (Å²) < 4.78 is 0. The zero-order chi connectivity index (χ0) is 16.2. The monoisotopic (exact) mass is 332 g/mol. The number of piperidine rings is 1. The number of aromatic amines is 1. The van der Waals surface area contributed by atoms with Crippen molar-refractivity contribution in [2.24, 2.45) is 5.92 Å². The molecule has 5 nitrogen and oxygen atoms in total. The van der Waals surface area contributed by atoms with Crippen molar-refractivity contribution < 1.29 is 4.79 Å². The topological polar surface area (TPSA) is 61.0 Å². The van der Waals surface area contributed by atoms with Crippen LogP contribution in [0.2, 0.25) is 5.02 Å². The lowest BCUT2D eigenvalue weighted by Crippen LogP contribution is -2.33. The lowest BCUT2D eigenvalue weighted by molar-refractivity contribution is 0.0946. The summed E-state index contributed by atoms with van der Waals surface area (Å²) in [6.45, 7) is 4.88. The van der Waals surface area contributed by atoms with Gasteiger partial charge in [0.15, 0.2) is 0 Å². The van der Waals surface area contributed by atoms with E-state index >= 15 is 0 Å². The Balaban J connectivity index is 1.54. The van der Waals surface area contributed by atoms with Gasteiger partial charge < -0.3 is 15.2 Å². The third-order valence-corrected chi connectivity index (χ3v) is 4.48. The number of aromatic nitrogens is 2. The highest BCUT2D eigenvalue weighted by molar-refractivity contribution is 6.30. The maximum atomic E-state index is 11.9. The number of halogens is 1. The van der Waals surface area contributed by atoms with E-state index in [1.54, 1.807) is 12.3 Å². The third kappa shape index (κ3) is 4.05. The Kier molecular flexibility index (Phi) is 4.86. The third-order valence-electron chi connectivity index (χ3n) is 4.26. The Hall–Kier alpha value is -2.01. The summed E-state index contributed by atoms with van der Waals surface area (Å²) in [5.41, 5.74) is 1.44. The molecule has 3 rings (SSSR count). The first-order valence-electron chi connectivity index (χ1n) is 7.94. The molecule has 0 bridgehead atoms. The number of hydrogen-bond donors (Lipinski definition) is 2. The van der Waals surface area contributed by atoms with Crippen LogP contribution in [0.25, 0.3) is 0 Å². The first-order chi connectivity index (χ1) is 11.1. The lowest BCUT2D eigenvalue weighted by Gasteiger charge is -2.31. The molecule has 2 N–H and O–H groups in total. The largest absolute Gasteiger partial charge is 0.357 e. The summed E-state index contributed by atoms with van der Waals surface area (Å²) in [5.74, 6) is 1.65. The van der Waals surface area contributed by atoms with Crippen molar-refractivity contribution in [1.82, 2.24) is 15.3 Å². The highest BCUT2D eigenvalue weighted by Gasteiger charge is 2.16. The zero-order valence-corrected chi connectivity index (χ0v) is 13.9. The maximum Gasteiger partial charge on any atom is 0.268 e. The number of nitrogens with one attached hydrogen (secondary N) is 2. The van der Waals surface area contributed by atoms with E-state index in [4.69, 9.17) is 11.6 Å². The quantitative estimate of drug-likeness (QED) is 0.903. The summed E-state index contributed by atoms with van der Waals surface area (Å²) in [6.07, 6.45) is 5.86. The second-order valence-corrected chi connectivity index (χ2v) is 6.54. The molecular formula is C17H21ClN4O. The molecule has 23 heavy (non-hydrogen) atoms. The number of H-pyrrole nitrogens is 1. The van der Waals surface area contributed by atoms with Crippen molar-refractivity contribution in [3.05, 3.63) is 46.9 Å².